The zero-order valence-corrected chi connectivity index (χ0v) is 12.4. The van der Waals surface area contributed by atoms with Crippen LogP contribution in [0.2, 0.25) is 0 Å². The van der Waals surface area contributed by atoms with E-state index in [1.807, 2.05) is 4.90 Å². The van der Waals surface area contributed by atoms with E-state index >= 15 is 0 Å². The van der Waals surface area contributed by atoms with Gasteiger partial charge in [0.1, 0.15) is 6.04 Å². The van der Waals surface area contributed by atoms with Crippen molar-refractivity contribution in [3.8, 4) is 0 Å². The van der Waals surface area contributed by atoms with Crippen molar-refractivity contribution in [2.24, 2.45) is 0 Å². The summed E-state index contributed by atoms with van der Waals surface area (Å²) in [4.78, 5) is 16.7. The molecule has 0 aromatic carbocycles. The zero-order valence-electron chi connectivity index (χ0n) is 11.6. The Balaban J connectivity index is 2.10. The Bertz CT molecular complexity index is 504. The Morgan fingerprint density at radius 3 is 2.86 bits per heavy atom. The number of piperidine rings is 1. The van der Waals surface area contributed by atoms with Crippen LogP contribution in [-0.4, -0.2) is 40.1 Å². The fraction of sp³-hybridized carbons (Fsp3) is 0.692. The Hall–Kier alpha value is -1.15. The predicted octanol–water partition coefficient (Wildman–Crippen LogP) is 3.20. The van der Waals surface area contributed by atoms with Crippen LogP contribution in [-0.2, 0) is 11.0 Å². The lowest BCUT2D eigenvalue weighted by atomic mass is 9.96. The van der Waals surface area contributed by atoms with Gasteiger partial charge >= 0.3 is 12.1 Å². The summed E-state index contributed by atoms with van der Waals surface area (Å²) in [5, 5.41) is 10.7. The number of hydrogen-bond donors (Lipinski definition) is 1. The number of aliphatic carboxylic acids is 1. The van der Waals surface area contributed by atoms with Crippen molar-refractivity contribution in [3.63, 3.8) is 0 Å². The number of hydrogen-bond acceptors (Lipinski definition) is 4. The smallest absolute Gasteiger partial charge is 0.434 e. The minimum Gasteiger partial charge on any atom is -0.480 e. The summed E-state index contributed by atoms with van der Waals surface area (Å²) in [6.07, 6.45) is -2.42. The maximum absolute atomic E-state index is 12.6. The summed E-state index contributed by atoms with van der Waals surface area (Å²) in [6, 6.07) is -0.574. The molecular weight excluding hydrogens is 305 g/mol. The van der Waals surface area contributed by atoms with Crippen LogP contribution in [0.15, 0.2) is 5.38 Å². The lowest BCUT2D eigenvalue weighted by Crippen LogP contribution is -2.45. The largest absolute Gasteiger partial charge is 0.480 e. The minimum atomic E-state index is -4.42. The second-order valence-electron chi connectivity index (χ2n) is 5.17. The van der Waals surface area contributed by atoms with Gasteiger partial charge in [0.05, 0.1) is 5.01 Å². The summed E-state index contributed by atoms with van der Waals surface area (Å²) in [5.74, 6) is -0.999. The van der Waals surface area contributed by atoms with Gasteiger partial charge in [-0.3, -0.25) is 9.69 Å². The first-order valence-corrected chi connectivity index (χ1v) is 7.70. The van der Waals surface area contributed by atoms with Crippen LogP contribution in [0.1, 0.15) is 42.8 Å². The zero-order chi connectivity index (χ0) is 15.6. The van der Waals surface area contributed by atoms with E-state index in [0.29, 0.717) is 24.5 Å². The molecule has 0 radical (unpaired) electrons. The van der Waals surface area contributed by atoms with Crippen molar-refractivity contribution in [1.29, 1.82) is 0 Å². The number of likely N-dealkylation sites (tertiary alicyclic amines) is 1. The highest BCUT2D eigenvalue weighted by atomic mass is 32.1. The van der Waals surface area contributed by atoms with Crippen molar-refractivity contribution in [2.45, 2.75) is 44.3 Å². The number of carboxylic acids is 1. The maximum Gasteiger partial charge on any atom is 0.434 e. The van der Waals surface area contributed by atoms with Crippen LogP contribution < -0.4 is 0 Å². The standard InChI is InChI=1S/C13H17F3N2O2S/c1-2-9(12(19)20)18-5-3-4-8(6-18)11-17-10(7-21-11)13(14,15)16/h7-9H,2-6H2,1H3,(H,19,20). The molecule has 0 spiro atoms. The number of carbonyl (C=O) groups is 1. The molecule has 1 aromatic rings. The fourth-order valence-corrected chi connectivity index (χ4v) is 3.64. The number of rotatable bonds is 4. The van der Waals surface area contributed by atoms with E-state index in [0.717, 1.165) is 29.6 Å². The van der Waals surface area contributed by atoms with Gasteiger partial charge in [0.2, 0.25) is 0 Å². The average Bonchev–Trinajstić information content (AvgIpc) is 2.89. The Morgan fingerprint density at radius 2 is 2.33 bits per heavy atom. The van der Waals surface area contributed by atoms with Gasteiger partial charge in [-0.1, -0.05) is 6.92 Å². The van der Waals surface area contributed by atoms with Gasteiger partial charge in [-0.15, -0.1) is 11.3 Å². The molecule has 2 heterocycles. The van der Waals surface area contributed by atoms with Gasteiger partial charge in [-0.05, 0) is 25.8 Å². The van der Waals surface area contributed by atoms with E-state index in [4.69, 9.17) is 0 Å². The number of carboxylic acid groups (broad SMARTS) is 1. The quantitative estimate of drug-likeness (QED) is 0.925. The van der Waals surface area contributed by atoms with E-state index in [9.17, 15) is 23.1 Å². The number of thiazole rings is 1. The molecule has 1 aromatic heterocycles. The van der Waals surface area contributed by atoms with Crippen molar-refractivity contribution in [3.05, 3.63) is 16.1 Å². The molecule has 2 atom stereocenters. The molecule has 1 N–H and O–H groups in total. The van der Waals surface area contributed by atoms with Crippen molar-refractivity contribution in [2.75, 3.05) is 13.1 Å². The molecule has 1 aliphatic heterocycles. The van der Waals surface area contributed by atoms with Gasteiger partial charge in [-0.2, -0.15) is 13.2 Å². The van der Waals surface area contributed by atoms with E-state index in [2.05, 4.69) is 4.98 Å². The molecule has 0 bridgehead atoms. The lowest BCUT2D eigenvalue weighted by Gasteiger charge is -2.35. The van der Waals surface area contributed by atoms with Crippen molar-refractivity contribution >= 4 is 17.3 Å². The van der Waals surface area contributed by atoms with Gasteiger partial charge in [0.15, 0.2) is 5.69 Å². The molecule has 4 nitrogen and oxygen atoms in total. The monoisotopic (exact) mass is 322 g/mol. The summed E-state index contributed by atoms with van der Waals surface area (Å²) in [6.45, 7) is 2.92. The second-order valence-corrected chi connectivity index (χ2v) is 6.05. The van der Waals surface area contributed by atoms with Gasteiger partial charge in [0.25, 0.3) is 0 Å². The molecule has 1 aliphatic rings. The molecule has 118 valence electrons. The molecule has 21 heavy (non-hydrogen) atoms. The number of alkyl halides is 3. The van der Waals surface area contributed by atoms with Crippen molar-refractivity contribution < 1.29 is 23.1 Å². The van der Waals surface area contributed by atoms with Crippen LogP contribution in [0, 0.1) is 0 Å². The first kappa shape index (κ1) is 16.2. The normalized spacial score (nSPS) is 22.2. The Kier molecular flexibility index (Phi) is 4.88. The third-order valence-electron chi connectivity index (χ3n) is 3.73. The van der Waals surface area contributed by atoms with Crippen molar-refractivity contribution in [1.82, 2.24) is 9.88 Å². The number of nitrogens with zero attached hydrogens (tertiary/aromatic N) is 2. The molecule has 8 heteroatoms. The van der Waals surface area contributed by atoms with Crippen LogP contribution >= 0.6 is 11.3 Å². The van der Waals surface area contributed by atoms with Crippen LogP contribution in [0.25, 0.3) is 0 Å². The fourth-order valence-electron chi connectivity index (χ4n) is 2.69. The third-order valence-corrected chi connectivity index (χ3v) is 4.73. The molecule has 0 saturated carbocycles. The van der Waals surface area contributed by atoms with Crippen LogP contribution in [0.4, 0.5) is 13.2 Å². The predicted molar refractivity (Wildman–Crippen MR) is 72.4 cm³/mol. The molecule has 2 unspecified atom stereocenters. The molecule has 2 rings (SSSR count). The van der Waals surface area contributed by atoms with Crippen LogP contribution in [0.5, 0.6) is 0 Å². The first-order valence-electron chi connectivity index (χ1n) is 6.82. The van der Waals surface area contributed by atoms with E-state index < -0.39 is 23.9 Å². The van der Waals surface area contributed by atoms with E-state index in [1.165, 1.54) is 0 Å². The molecule has 1 saturated heterocycles. The lowest BCUT2D eigenvalue weighted by molar-refractivity contribution is -0.144. The minimum absolute atomic E-state index is 0.117. The van der Waals surface area contributed by atoms with Gasteiger partial charge < -0.3 is 5.11 Å². The number of halogens is 3. The summed E-state index contributed by atoms with van der Waals surface area (Å²) in [5.41, 5.74) is -0.857. The van der Waals surface area contributed by atoms with Gasteiger partial charge in [-0.25, -0.2) is 4.98 Å². The maximum atomic E-state index is 12.6. The van der Waals surface area contributed by atoms with Crippen LogP contribution in [0.3, 0.4) is 0 Å². The Morgan fingerprint density at radius 1 is 1.62 bits per heavy atom. The van der Waals surface area contributed by atoms with Gasteiger partial charge in [0, 0.05) is 17.8 Å². The number of aromatic nitrogens is 1. The summed E-state index contributed by atoms with van der Waals surface area (Å²) >= 11 is 1.01. The second kappa shape index (κ2) is 6.31. The Labute approximate surface area is 124 Å². The highest BCUT2D eigenvalue weighted by Crippen LogP contribution is 2.35. The highest BCUT2D eigenvalue weighted by molar-refractivity contribution is 7.09. The summed E-state index contributed by atoms with van der Waals surface area (Å²) < 4.78 is 37.8. The SMILES string of the molecule is CCC(C(=O)O)N1CCCC(c2nc(C(F)(F)F)cs2)C1. The molecule has 1 fully saturated rings. The average molecular weight is 322 g/mol. The van der Waals surface area contributed by atoms with E-state index in [1.54, 1.807) is 6.92 Å². The topological polar surface area (TPSA) is 53.4 Å². The first-order chi connectivity index (χ1) is 9.82. The molecule has 0 amide bonds. The van der Waals surface area contributed by atoms with E-state index in [-0.39, 0.29) is 5.92 Å². The third kappa shape index (κ3) is 3.74. The summed E-state index contributed by atoms with van der Waals surface area (Å²) in [7, 11) is 0. The molecule has 0 aliphatic carbocycles. The molecular formula is C13H17F3N2O2S. The highest BCUT2D eigenvalue weighted by Gasteiger charge is 2.36.